The number of para-hydroxylation sites is 1. The Morgan fingerprint density at radius 1 is 1.17 bits per heavy atom. The molecule has 8 heteroatoms. The Balaban J connectivity index is 1.41. The highest BCUT2D eigenvalue weighted by Crippen LogP contribution is 2.29. The average molecular weight is 427 g/mol. The van der Waals surface area contributed by atoms with Crippen LogP contribution in [0.25, 0.3) is 10.2 Å². The zero-order chi connectivity index (χ0) is 21.1. The topological polar surface area (TPSA) is 56.2 Å². The van der Waals surface area contributed by atoms with Crippen molar-refractivity contribution in [3.8, 4) is 5.75 Å². The van der Waals surface area contributed by atoms with Gasteiger partial charge in [0.25, 0.3) is 5.91 Å². The second-order valence-corrected chi connectivity index (χ2v) is 7.76. The van der Waals surface area contributed by atoms with E-state index in [-0.39, 0.29) is 30.6 Å². The van der Waals surface area contributed by atoms with Gasteiger partial charge in [0.15, 0.2) is 11.6 Å². The Kier molecular flexibility index (Phi) is 5.76. The molecule has 1 amide bonds. The Bertz CT molecular complexity index is 1190. The fraction of sp³-hybridized carbons (Fsp3) is 0.182. The van der Waals surface area contributed by atoms with Crippen molar-refractivity contribution in [2.45, 2.75) is 13.5 Å². The van der Waals surface area contributed by atoms with Gasteiger partial charge in [-0.15, -0.1) is 11.3 Å². The third kappa shape index (κ3) is 4.33. The summed E-state index contributed by atoms with van der Waals surface area (Å²) in [6, 6.07) is 14.2. The number of ether oxygens (including phenoxy) is 1. The monoisotopic (exact) mass is 427 g/mol. The number of carbonyl (C=O) groups excluding carboxylic acids is 1. The van der Waals surface area contributed by atoms with E-state index in [0.717, 1.165) is 21.5 Å². The van der Waals surface area contributed by atoms with Crippen molar-refractivity contribution in [3.63, 3.8) is 0 Å². The minimum Gasteiger partial charge on any atom is -0.489 e. The second-order valence-electron chi connectivity index (χ2n) is 6.73. The predicted molar refractivity (Wildman–Crippen MR) is 112 cm³/mol. The van der Waals surface area contributed by atoms with Crippen LogP contribution in [0.4, 0.5) is 8.78 Å². The van der Waals surface area contributed by atoms with E-state index in [1.165, 1.54) is 29.5 Å². The van der Waals surface area contributed by atoms with Crippen LogP contribution in [-0.4, -0.2) is 28.8 Å². The molecule has 0 fully saturated rings. The zero-order valence-electron chi connectivity index (χ0n) is 16.2. The summed E-state index contributed by atoms with van der Waals surface area (Å²) in [6.07, 6.45) is 0. The molecule has 0 atom stereocenters. The van der Waals surface area contributed by atoms with E-state index in [9.17, 15) is 13.6 Å². The van der Waals surface area contributed by atoms with Crippen LogP contribution in [0.1, 0.15) is 20.9 Å². The van der Waals surface area contributed by atoms with Gasteiger partial charge in [0.1, 0.15) is 17.3 Å². The molecule has 2 aromatic carbocycles. The van der Waals surface area contributed by atoms with Gasteiger partial charge < -0.3 is 10.1 Å². The summed E-state index contributed by atoms with van der Waals surface area (Å²) in [6.45, 7) is 2.79. The van der Waals surface area contributed by atoms with Crippen LogP contribution in [0.2, 0.25) is 0 Å². The summed E-state index contributed by atoms with van der Waals surface area (Å²) in [5, 5.41) is 8.23. The van der Waals surface area contributed by atoms with Crippen molar-refractivity contribution < 1.29 is 18.3 Å². The maximum atomic E-state index is 13.5. The van der Waals surface area contributed by atoms with Crippen molar-refractivity contribution in [1.82, 2.24) is 15.1 Å². The summed E-state index contributed by atoms with van der Waals surface area (Å²) >= 11 is 1.35. The number of fused-ring (bicyclic) bond motifs is 1. The summed E-state index contributed by atoms with van der Waals surface area (Å²) in [5.74, 6) is -0.782. The first-order valence-corrected chi connectivity index (χ1v) is 10.2. The van der Waals surface area contributed by atoms with E-state index in [0.29, 0.717) is 11.4 Å². The first kappa shape index (κ1) is 20.0. The summed E-state index contributed by atoms with van der Waals surface area (Å²) in [4.78, 5) is 13.9. The summed E-state index contributed by atoms with van der Waals surface area (Å²) in [5.41, 5.74) is 1.75. The molecule has 30 heavy (non-hydrogen) atoms. The van der Waals surface area contributed by atoms with Gasteiger partial charge in [-0.3, -0.25) is 9.48 Å². The van der Waals surface area contributed by atoms with Crippen molar-refractivity contribution in [1.29, 1.82) is 0 Å². The lowest BCUT2D eigenvalue weighted by Crippen LogP contribution is -2.27. The molecule has 0 unspecified atom stereocenters. The quantitative estimate of drug-likeness (QED) is 0.441. The van der Waals surface area contributed by atoms with Crippen molar-refractivity contribution in [3.05, 3.63) is 82.4 Å². The number of rotatable bonds is 7. The van der Waals surface area contributed by atoms with Crippen LogP contribution in [0.5, 0.6) is 5.75 Å². The average Bonchev–Trinajstić information content (AvgIpc) is 3.29. The molecule has 0 bridgehead atoms. The van der Waals surface area contributed by atoms with Gasteiger partial charge in [-0.2, -0.15) is 5.10 Å². The van der Waals surface area contributed by atoms with E-state index in [4.69, 9.17) is 4.74 Å². The van der Waals surface area contributed by atoms with E-state index in [1.54, 1.807) is 30.3 Å². The molecule has 0 aliphatic heterocycles. The van der Waals surface area contributed by atoms with Gasteiger partial charge in [-0.05, 0) is 42.8 Å². The highest BCUT2D eigenvalue weighted by atomic mass is 32.1. The standard InChI is InChI=1S/C22H19F2N3O2S/c1-14-17-12-20(21(28)25-10-11-29-19-5-3-2-4-18(19)24)30-22(17)27(26-14)13-15-6-8-16(23)9-7-15/h2-9,12H,10-11,13H2,1H3,(H,25,28). The van der Waals surface area contributed by atoms with Gasteiger partial charge in [0.05, 0.1) is 23.7 Å². The molecule has 0 radical (unpaired) electrons. The lowest BCUT2D eigenvalue weighted by Gasteiger charge is -2.07. The number of halogens is 2. The van der Waals surface area contributed by atoms with Gasteiger partial charge in [0.2, 0.25) is 0 Å². The van der Waals surface area contributed by atoms with Crippen LogP contribution >= 0.6 is 11.3 Å². The number of nitrogens with zero attached hydrogens (tertiary/aromatic N) is 2. The van der Waals surface area contributed by atoms with Crippen LogP contribution in [0.15, 0.2) is 54.6 Å². The van der Waals surface area contributed by atoms with Crippen LogP contribution < -0.4 is 10.1 Å². The SMILES string of the molecule is Cc1nn(Cc2ccc(F)cc2)c2sc(C(=O)NCCOc3ccccc3F)cc12. The van der Waals surface area contributed by atoms with E-state index in [2.05, 4.69) is 10.4 Å². The van der Waals surface area contributed by atoms with Gasteiger partial charge in [-0.25, -0.2) is 8.78 Å². The predicted octanol–water partition coefficient (Wildman–Crippen LogP) is 4.54. The molecule has 2 heterocycles. The van der Waals surface area contributed by atoms with Gasteiger partial charge in [0, 0.05) is 5.39 Å². The van der Waals surface area contributed by atoms with E-state index >= 15 is 0 Å². The fourth-order valence-electron chi connectivity index (χ4n) is 3.07. The van der Waals surface area contributed by atoms with Crippen molar-refractivity contribution in [2.75, 3.05) is 13.2 Å². The van der Waals surface area contributed by atoms with E-state index in [1.807, 2.05) is 17.7 Å². The van der Waals surface area contributed by atoms with Gasteiger partial charge >= 0.3 is 0 Å². The second kappa shape index (κ2) is 8.62. The van der Waals surface area contributed by atoms with Crippen LogP contribution in [0.3, 0.4) is 0 Å². The molecule has 4 aromatic rings. The Morgan fingerprint density at radius 3 is 2.70 bits per heavy atom. The maximum Gasteiger partial charge on any atom is 0.261 e. The lowest BCUT2D eigenvalue weighted by atomic mass is 10.2. The lowest BCUT2D eigenvalue weighted by molar-refractivity contribution is 0.0951. The zero-order valence-corrected chi connectivity index (χ0v) is 17.0. The number of carbonyl (C=O) groups is 1. The van der Waals surface area contributed by atoms with Crippen LogP contribution in [-0.2, 0) is 6.54 Å². The highest BCUT2D eigenvalue weighted by Gasteiger charge is 2.16. The number of hydrogen-bond acceptors (Lipinski definition) is 4. The first-order valence-electron chi connectivity index (χ1n) is 9.38. The Morgan fingerprint density at radius 2 is 1.93 bits per heavy atom. The molecule has 0 saturated heterocycles. The molecular formula is C22H19F2N3O2S. The molecule has 5 nitrogen and oxygen atoms in total. The fourth-order valence-corrected chi connectivity index (χ4v) is 4.15. The molecule has 154 valence electrons. The molecule has 2 aromatic heterocycles. The molecule has 0 spiro atoms. The Hall–Kier alpha value is -3.26. The number of aryl methyl sites for hydroxylation is 1. The number of hydrogen-bond donors (Lipinski definition) is 1. The smallest absolute Gasteiger partial charge is 0.261 e. The van der Waals surface area contributed by atoms with Crippen molar-refractivity contribution in [2.24, 2.45) is 0 Å². The third-order valence-electron chi connectivity index (χ3n) is 4.56. The Labute approximate surface area is 175 Å². The number of aromatic nitrogens is 2. The molecule has 1 N–H and O–H groups in total. The maximum absolute atomic E-state index is 13.5. The molecule has 0 aliphatic carbocycles. The number of benzene rings is 2. The number of thiophene rings is 1. The van der Waals surface area contributed by atoms with Gasteiger partial charge in [-0.1, -0.05) is 24.3 Å². The highest BCUT2D eigenvalue weighted by molar-refractivity contribution is 7.20. The third-order valence-corrected chi connectivity index (χ3v) is 5.71. The first-order chi connectivity index (χ1) is 14.5. The normalized spacial score (nSPS) is 11.0. The minimum absolute atomic E-state index is 0.158. The van der Waals surface area contributed by atoms with E-state index < -0.39 is 5.82 Å². The van der Waals surface area contributed by atoms with Crippen LogP contribution in [0, 0.1) is 18.6 Å². The minimum atomic E-state index is -0.436. The largest absolute Gasteiger partial charge is 0.489 e. The number of nitrogens with one attached hydrogen (secondary N) is 1. The number of amides is 1. The van der Waals surface area contributed by atoms with Crippen molar-refractivity contribution >= 4 is 27.5 Å². The summed E-state index contributed by atoms with van der Waals surface area (Å²) < 4.78 is 33.8. The molecular weight excluding hydrogens is 408 g/mol. The molecule has 0 saturated carbocycles. The summed E-state index contributed by atoms with van der Waals surface area (Å²) in [7, 11) is 0. The molecule has 0 aliphatic rings. The molecule has 4 rings (SSSR count).